The molecule has 5 nitrogen and oxygen atoms in total. The maximum Gasteiger partial charge on any atom is 0.248 e. The Morgan fingerprint density at radius 2 is 1.86 bits per heavy atom. The maximum absolute atomic E-state index is 12.8. The highest BCUT2D eigenvalue weighted by Gasteiger charge is 2.52. The standard InChI is InChI=1S/C16H28N2O3/c1-7-16(6)12(19)17-15(4,5)13(20)18(16)10-11-8-9-14(2,3)21-11/h11H,7-10H2,1-6H3,(H,17,19). The first-order chi connectivity index (χ1) is 9.52. The molecule has 2 fully saturated rings. The van der Waals surface area contributed by atoms with Gasteiger partial charge in [0, 0.05) is 6.54 Å². The van der Waals surface area contributed by atoms with E-state index >= 15 is 0 Å². The van der Waals surface area contributed by atoms with Crippen LogP contribution in [0.1, 0.15) is 60.8 Å². The third-order valence-corrected chi connectivity index (χ3v) is 4.92. The second-order valence-electron chi connectivity index (χ2n) is 7.66. The third-order valence-electron chi connectivity index (χ3n) is 4.92. The van der Waals surface area contributed by atoms with Crippen molar-refractivity contribution in [2.75, 3.05) is 6.54 Å². The molecule has 2 unspecified atom stereocenters. The Hall–Kier alpha value is -1.10. The summed E-state index contributed by atoms with van der Waals surface area (Å²) >= 11 is 0. The summed E-state index contributed by atoms with van der Waals surface area (Å²) in [5.74, 6) is -0.105. The SMILES string of the molecule is CCC1(C)C(=O)NC(C)(C)C(=O)N1CC1CCC(C)(C)O1. The van der Waals surface area contributed by atoms with E-state index in [1.165, 1.54) is 0 Å². The van der Waals surface area contributed by atoms with Crippen molar-refractivity contribution < 1.29 is 14.3 Å². The van der Waals surface area contributed by atoms with Crippen molar-refractivity contribution in [2.24, 2.45) is 0 Å². The van der Waals surface area contributed by atoms with Crippen molar-refractivity contribution in [3.8, 4) is 0 Å². The maximum atomic E-state index is 12.8. The highest BCUT2D eigenvalue weighted by atomic mass is 16.5. The van der Waals surface area contributed by atoms with Crippen LogP contribution in [0.4, 0.5) is 0 Å². The number of ether oxygens (including phenoxy) is 1. The molecule has 2 aliphatic heterocycles. The van der Waals surface area contributed by atoms with Gasteiger partial charge in [-0.05, 0) is 53.9 Å². The Labute approximate surface area is 127 Å². The van der Waals surface area contributed by atoms with Crippen molar-refractivity contribution in [1.29, 1.82) is 0 Å². The van der Waals surface area contributed by atoms with E-state index in [2.05, 4.69) is 19.2 Å². The molecule has 5 heteroatoms. The Kier molecular flexibility index (Phi) is 3.85. The lowest BCUT2D eigenvalue weighted by Gasteiger charge is -2.49. The van der Waals surface area contributed by atoms with Crippen LogP contribution in [0.2, 0.25) is 0 Å². The number of piperazine rings is 1. The summed E-state index contributed by atoms with van der Waals surface area (Å²) in [6.07, 6.45) is 2.52. The lowest BCUT2D eigenvalue weighted by Crippen LogP contribution is -2.73. The van der Waals surface area contributed by atoms with Gasteiger partial charge in [0.1, 0.15) is 11.1 Å². The van der Waals surface area contributed by atoms with E-state index in [0.717, 1.165) is 12.8 Å². The summed E-state index contributed by atoms with van der Waals surface area (Å²) in [6, 6.07) is 0. The summed E-state index contributed by atoms with van der Waals surface area (Å²) in [7, 11) is 0. The second-order valence-corrected chi connectivity index (χ2v) is 7.66. The Morgan fingerprint density at radius 1 is 1.24 bits per heavy atom. The molecule has 0 aromatic heterocycles. The lowest BCUT2D eigenvalue weighted by molar-refractivity contribution is -0.164. The average molecular weight is 296 g/mol. The van der Waals surface area contributed by atoms with Gasteiger partial charge in [0.15, 0.2) is 0 Å². The van der Waals surface area contributed by atoms with Crippen LogP contribution in [0.25, 0.3) is 0 Å². The van der Waals surface area contributed by atoms with Gasteiger partial charge in [0.2, 0.25) is 11.8 Å². The molecule has 0 aromatic rings. The van der Waals surface area contributed by atoms with Crippen molar-refractivity contribution >= 4 is 11.8 Å². The first-order valence-corrected chi connectivity index (χ1v) is 7.84. The molecule has 0 aliphatic carbocycles. The van der Waals surface area contributed by atoms with Crippen LogP contribution in [0.15, 0.2) is 0 Å². The predicted molar refractivity (Wildman–Crippen MR) is 80.8 cm³/mol. The largest absolute Gasteiger partial charge is 0.371 e. The molecule has 2 rings (SSSR count). The molecule has 0 aromatic carbocycles. The van der Waals surface area contributed by atoms with Gasteiger partial charge in [-0.3, -0.25) is 9.59 Å². The Morgan fingerprint density at radius 3 is 2.33 bits per heavy atom. The smallest absolute Gasteiger partial charge is 0.248 e. The van der Waals surface area contributed by atoms with E-state index in [1.54, 1.807) is 18.7 Å². The number of hydrogen-bond donors (Lipinski definition) is 1. The molecule has 0 radical (unpaired) electrons. The van der Waals surface area contributed by atoms with Gasteiger partial charge < -0.3 is 15.0 Å². The molecule has 2 aliphatic rings. The molecular formula is C16H28N2O3. The molecule has 2 atom stereocenters. The van der Waals surface area contributed by atoms with E-state index in [4.69, 9.17) is 4.74 Å². The van der Waals surface area contributed by atoms with Crippen LogP contribution >= 0.6 is 0 Å². The summed E-state index contributed by atoms with van der Waals surface area (Å²) < 4.78 is 6.02. The van der Waals surface area contributed by atoms with Crippen LogP contribution in [0.3, 0.4) is 0 Å². The Bertz CT molecular complexity index is 458. The fraction of sp³-hybridized carbons (Fsp3) is 0.875. The van der Waals surface area contributed by atoms with Crippen molar-refractivity contribution in [2.45, 2.75) is 83.6 Å². The zero-order chi connectivity index (χ0) is 16.1. The minimum Gasteiger partial charge on any atom is -0.371 e. The van der Waals surface area contributed by atoms with Gasteiger partial charge >= 0.3 is 0 Å². The zero-order valence-electron chi connectivity index (χ0n) is 14.1. The zero-order valence-corrected chi connectivity index (χ0v) is 14.1. The van der Waals surface area contributed by atoms with Crippen molar-refractivity contribution in [3.63, 3.8) is 0 Å². The van der Waals surface area contributed by atoms with E-state index in [1.807, 2.05) is 13.8 Å². The van der Waals surface area contributed by atoms with Gasteiger partial charge in [0.05, 0.1) is 11.7 Å². The predicted octanol–water partition coefficient (Wildman–Crippen LogP) is 1.85. The molecule has 21 heavy (non-hydrogen) atoms. The number of nitrogens with one attached hydrogen (secondary N) is 1. The van der Waals surface area contributed by atoms with Crippen molar-refractivity contribution in [3.05, 3.63) is 0 Å². The van der Waals surface area contributed by atoms with Gasteiger partial charge in [-0.25, -0.2) is 0 Å². The number of nitrogens with zero attached hydrogens (tertiary/aromatic N) is 1. The molecular weight excluding hydrogens is 268 g/mol. The first kappa shape index (κ1) is 16.3. The highest BCUT2D eigenvalue weighted by molar-refractivity contribution is 6.01. The van der Waals surface area contributed by atoms with Crippen LogP contribution in [0, 0.1) is 0 Å². The molecule has 2 amide bonds. The minimum atomic E-state index is -0.847. The fourth-order valence-corrected chi connectivity index (χ4v) is 3.20. The van der Waals surface area contributed by atoms with E-state index in [0.29, 0.717) is 13.0 Å². The first-order valence-electron chi connectivity index (χ1n) is 7.84. The number of amides is 2. The molecule has 1 N–H and O–H groups in total. The average Bonchev–Trinajstić information content (AvgIpc) is 2.71. The topological polar surface area (TPSA) is 58.6 Å². The normalized spacial score (nSPS) is 35.0. The minimum absolute atomic E-state index is 0.0107. The lowest BCUT2D eigenvalue weighted by atomic mass is 9.86. The number of carbonyl (C=O) groups excluding carboxylic acids is 2. The van der Waals surface area contributed by atoms with E-state index < -0.39 is 11.1 Å². The third kappa shape index (κ3) is 2.80. The molecule has 0 saturated carbocycles. The van der Waals surface area contributed by atoms with Crippen molar-refractivity contribution in [1.82, 2.24) is 10.2 Å². The molecule has 0 spiro atoms. The van der Waals surface area contributed by atoms with Gasteiger partial charge in [-0.2, -0.15) is 0 Å². The Balaban J connectivity index is 2.24. The number of carbonyl (C=O) groups is 2. The van der Waals surface area contributed by atoms with Crippen LogP contribution in [0.5, 0.6) is 0 Å². The van der Waals surface area contributed by atoms with E-state index in [9.17, 15) is 9.59 Å². The quantitative estimate of drug-likeness (QED) is 0.864. The summed E-state index contributed by atoms with van der Waals surface area (Å²) in [5.41, 5.74) is -1.77. The molecule has 2 heterocycles. The number of hydrogen-bond acceptors (Lipinski definition) is 3. The monoisotopic (exact) mass is 296 g/mol. The summed E-state index contributed by atoms with van der Waals surface area (Å²) in [5, 5.41) is 2.85. The van der Waals surface area contributed by atoms with Gasteiger partial charge in [-0.15, -0.1) is 0 Å². The van der Waals surface area contributed by atoms with Gasteiger partial charge in [0.25, 0.3) is 0 Å². The van der Waals surface area contributed by atoms with Crippen LogP contribution in [-0.4, -0.2) is 46.0 Å². The fourth-order valence-electron chi connectivity index (χ4n) is 3.20. The molecule has 2 saturated heterocycles. The highest BCUT2D eigenvalue weighted by Crippen LogP contribution is 2.34. The molecule has 0 bridgehead atoms. The van der Waals surface area contributed by atoms with Crippen LogP contribution in [-0.2, 0) is 14.3 Å². The van der Waals surface area contributed by atoms with Crippen LogP contribution < -0.4 is 5.32 Å². The second kappa shape index (κ2) is 4.97. The number of rotatable bonds is 3. The van der Waals surface area contributed by atoms with Gasteiger partial charge in [-0.1, -0.05) is 6.92 Å². The summed E-state index contributed by atoms with van der Waals surface area (Å²) in [4.78, 5) is 27.0. The summed E-state index contributed by atoms with van der Waals surface area (Å²) in [6.45, 7) is 11.9. The molecule has 120 valence electrons. The van der Waals surface area contributed by atoms with E-state index in [-0.39, 0.29) is 23.5 Å².